The van der Waals surface area contributed by atoms with Crippen molar-refractivity contribution < 1.29 is 9.50 Å². The second kappa shape index (κ2) is 10.2. The number of halogens is 1. The molecule has 118 valence electrons. The molecule has 0 unspecified atom stereocenters. The van der Waals surface area contributed by atoms with Crippen molar-refractivity contribution in [2.75, 3.05) is 13.6 Å². The van der Waals surface area contributed by atoms with Crippen LogP contribution >= 0.6 is 0 Å². The van der Waals surface area contributed by atoms with Gasteiger partial charge >= 0.3 is 0 Å². The predicted molar refractivity (Wildman–Crippen MR) is 84.7 cm³/mol. The molecular formula is C16H26FN3O. The third-order valence-electron chi connectivity index (χ3n) is 3.29. The third-order valence-corrected chi connectivity index (χ3v) is 3.29. The first-order valence-corrected chi connectivity index (χ1v) is 7.54. The molecule has 0 aliphatic heterocycles. The number of aliphatic hydroxyl groups is 1. The van der Waals surface area contributed by atoms with E-state index in [-0.39, 0.29) is 12.4 Å². The van der Waals surface area contributed by atoms with Gasteiger partial charge in [0, 0.05) is 25.7 Å². The largest absolute Gasteiger partial charge is 0.392 e. The van der Waals surface area contributed by atoms with Gasteiger partial charge in [-0.3, -0.25) is 4.99 Å². The van der Waals surface area contributed by atoms with E-state index in [1.165, 1.54) is 25.3 Å². The van der Waals surface area contributed by atoms with Gasteiger partial charge in [0.2, 0.25) is 0 Å². The molecule has 0 spiro atoms. The fraction of sp³-hybridized carbons (Fsp3) is 0.562. The van der Waals surface area contributed by atoms with Gasteiger partial charge in [0.1, 0.15) is 5.82 Å². The quantitative estimate of drug-likeness (QED) is 0.392. The summed E-state index contributed by atoms with van der Waals surface area (Å²) in [5, 5.41) is 15.5. The molecule has 0 heterocycles. The van der Waals surface area contributed by atoms with E-state index in [2.05, 4.69) is 22.5 Å². The van der Waals surface area contributed by atoms with E-state index in [0.29, 0.717) is 12.1 Å². The minimum atomic E-state index is -0.375. The van der Waals surface area contributed by atoms with Crippen molar-refractivity contribution in [3.05, 3.63) is 35.1 Å². The Balaban J connectivity index is 2.38. The van der Waals surface area contributed by atoms with Gasteiger partial charge in [-0.1, -0.05) is 32.3 Å². The van der Waals surface area contributed by atoms with Crippen LogP contribution in [0.2, 0.25) is 0 Å². The van der Waals surface area contributed by atoms with E-state index in [4.69, 9.17) is 5.11 Å². The van der Waals surface area contributed by atoms with Gasteiger partial charge in [-0.15, -0.1) is 0 Å². The van der Waals surface area contributed by atoms with Crippen LogP contribution in [0.1, 0.15) is 43.7 Å². The number of aliphatic hydroxyl groups excluding tert-OH is 1. The monoisotopic (exact) mass is 295 g/mol. The molecule has 0 aliphatic rings. The Bertz CT molecular complexity index is 449. The smallest absolute Gasteiger partial charge is 0.191 e. The second-order valence-corrected chi connectivity index (χ2v) is 5.00. The van der Waals surface area contributed by atoms with Gasteiger partial charge in [0.05, 0.1) is 6.61 Å². The topological polar surface area (TPSA) is 56.7 Å². The van der Waals surface area contributed by atoms with Crippen molar-refractivity contribution in [3.8, 4) is 0 Å². The molecule has 0 aliphatic carbocycles. The molecule has 1 aromatic rings. The zero-order valence-corrected chi connectivity index (χ0v) is 13.0. The zero-order chi connectivity index (χ0) is 15.5. The Hall–Kier alpha value is -1.62. The number of nitrogens with one attached hydrogen (secondary N) is 2. The van der Waals surface area contributed by atoms with E-state index in [0.717, 1.165) is 24.5 Å². The highest BCUT2D eigenvalue weighted by Gasteiger charge is 2.03. The number of benzene rings is 1. The molecule has 0 fully saturated rings. The van der Waals surface area contributed by atoms with Crippen LogP contribution in [0.3, 0.4) is 0 Å². The first-order valence-electron chi connectivity index (χ1n) is 7.54. The number of aliphatic imine (C=N–C) groups is 1. The summed E-state index contributed by atoms with van der Waals surface area (Å²) in [5.74, 6) is 0.362. The average Bonchev–Trinajstić information content (AvgIpc) is 2.51. The molecule has 0 saturated carbocycles. The Morgan fingerprint density at radius 3 is 2.71 bits per heavy atom. The maximum absolute atomic E-state index is 13.3. The summed E-state index contributed by atoms with van der Waals surface area (Å²) in [5.41, 5.74) is 1.23. The van der Waals surface area contributed by atoms with Crippen LogP contribution in [0.15, 0.2) is 23.2 Å². The van der Waals surface area contributed by atoms with Crippen molar-refractivity contribution in [3.63, 3.8) is 0 Å². The lowest BCUT2D eigenvalue weighted by atomic mass is 10.1. The highest BCUT2D eigenvalue weighted by molar-refractivity contribution is 5.79. The molecule has 1 rings (SSSR count). The summed E-state index contributed by atoms with van der Waals surface area (Å²) in [7, 11) is 1.73. The molecule has 0 radical (unpaired) electrons. The van der Waals surface area contributed by atoms with Crippen LogP contribution in [0.25, 0.3) is 0 Å². The Labute approximate surface area is 126 Å². The second-order valence-electron chi connectivity index (χ2n) is 5.00. The molecule has 0 aromatic heterocycles. The van der Waals surface area contributed by atoms with Crippen LogP contribution in [-0.2, 0) is 13.2 Å². The molecule has 0 atom stereocenters. The SMILES string of the molecule is CCCCCCNC(=NC)NCc1ccc(F)c(CO)c1. The molecular weight excluding hydrogens is 269 g/mol. The van der Waals surface area contributed by atoms with Gasteiger partial charge in [0.25, 0.3) is 0 Å². The molecule has 0 bridgehead atoms. The standard InChI is InChI=1S/C16H26FN3O/c1-3-4-5-6-9-19-16(18-2)20-11-13-7-8-15(17)14(10-13)12-21/h7-8,10,21H,3-6,9,11-12H2,1-2H3,(H2,18,19,20). The lowest BCUT2D eigenvalue weighted by molar-refractivity contribution is 0.275. The molecule has 3 N–H and O–H groups in total. The summed E-state index contributed by atoms with van der Waals surface area (Å²) >= 11 is 0. The van der Waals surface area contributed by atoms with E-state index in [1.807, 2.05) is 0 Å². The maximum atomic E-state index is 13.3. The number of hydrogen-bond acceptors (Lipinski definition) is 2. The van der Waals surface area contributed by atoms with Crippen molar-refractivity contribution in [2.45, 2.75) is 45.8 Å². The highest BCUT2D eigenvalue weighted by Crippen LogP contribution is 2.10. The summed E-state index contributed by atoms with van der Waals surface area (Å²) in [6.45, 7) is 3.34. The summed E-state index contributed by atoms with van der Waals surface area (Å²) < 4.78 is 13.3. The van der Waals surface area contributed by atoms with Crippen LogP contribution < -0.4 is 10.6 Å². The van der Waals surface area contributed by atoms with Crippen molar-refractivity contribution >= 4 is 5.96 Å². The molecule has 0 saturated heterocycles. The fourth-order valence-corrected chi connectivity index (χ4v) is 2.02. The van der Waals surface area contributed by atoms with Crippen LogP contribution in [0.5, 0.6) is 0 Å². The minimum absolute atomic E-state index is 0.288. The number of guanidine groups is 1. The van der Waals surface area contributed by atoms with Gasteiger partial charge in [-0.25, -0.2) is 4.39 Å². The number of nitrogens with zero attached hydrogens (tertiary/aromatic N) is 1. The number of hydrogen-bond donors (Lipinski definition) is 3. The van der Waals surface area contributed by atoms with E-state index < -0.39 is 0 Å². The van der Waals surface area contributed by atoms with E-state index >= 15 is 0 Å². The lowest BCUT2D eigenvalue weighted by Gasteiger charge is -2.12. The fourth-order valence-electron chi connectivity index (χ4n) is 2.02. The summed E-state index contributed by atoms with van der Waals surface area (Å²) in [6.07, 6.45) is 4.83. The number of unbranched alkanes of at least 4 members (excludes halogenated alkanes) is 3. The van der Waals surface area contributed by atoms with E-state index in [1.54, 1.807) is 19.2 Å². The normalized spacial score (nSPS) is 11.5. The van der Waals surface area contributed by atoms with E-state index in [9.17, 15) is 4.39 Å². The first kappa shape index (κ1) is 17.4. The first-order chi connectivity index (χ1) is 10.2. The molecule has 4 nitrogen and oxygen atoms in total. The van der Waals surface area contributed by atoms with Gasteiger partial charge in [0.15, 0.2) is 5.96 Å². The van der Waals surface area contributed by atoms with Crippen molar-refractivity contribution in [1.29, 1.82) is 0 Å². The van der Waals surface area contributed by atoms with Gasteiger partial charge < -0.3 is 15.7 Å². The Morgan fingerprint density at radius 1 is 1.24 bits per heavy atom. The van der Waals surface area contributed by atoms with Crippen LogP contribution in [0.4, 0.5) is 4.39 Å². The lowest BCUT2D eigenvalue weighted by Crippen LogP contribution is -2.37. The predicted octanol–water partition coefficient (Wildman–Crippen LogP) is 2.56. The summed E-state index contributed by atoms with van der Waals surface area (Å²) in [6, 6.07) is 4.75. The molecule has 5 heteroatoms. The van der Waals surface area contributed by atoms with Gasteiger partial charge in [-0.2, -0.15) is 0 Å². The van der Waals surface area contributed by atoms with Crippen LogP contribution in [-0.4, -0.2) is 24.7 Å². The maximum Gasteiger partial charge on any atom is 0.191 e. The van der Waals surface area contributed by atoms with Crippen LogP contribution in [0, 0.1) is 5.82 Å². The minimum Gasteiger partial charge on any atom is -0.392 e. The number of rotatable bonds is 8. The molecule has 0 amide bonds. The average molecular weight is 295 g/mol. The third kappa shape index (κ3) is 6.58. The van der Waals surface area contributed by atoms with Crippen molar-refractivity contribution in [2.24, 2.45) is 4.99 Å². The molecule has 21 heavy (non-hydrogen) atoms. The highest BCUT2D eigenvalue weighted by atomic mass is 19.1. The Morgan fingerprint density at radius 2 is 2.05 bits per heavy atom. The molecule has 1 aromatic carbocycles. The van der Waals surface area contributed by atoms with Gasteiger partial charge in [-0.05, 0) is 24.1 Å². The van der Waals surface area contributed by atoms with Crippen molar-refractivity contribution in [1.82, 2.24) is 10.6 Å². The Kier molecular flexibility index (Phi) is 8.43. The summed E-state index contributed by atoms with van der Waals surface area (Å²) in [4.78, 5) is 4.15. The zero-order valence-electron chi connectivity index (χ0n) is 13.0.